The summed E-state index contributed by atoms with van der Waals surface area (Å²) in [5, 5.41) is 0. The molecule has 0 aliphatic carbocycles. The number of hydrogen-bond donors (Lipinski definition) is 0. The molecule has 1 atom stereocenters. The Bertz CT molecular complexity index is 490. The first kappa shape index (κ1) is 16.4. The van der Waals surface area contributed by atoms with Crippen molar-refractivity contribution in [3.05, 3.63) is 29.3 Å². The van der Waals surface area contributed by atoms with Gasteiger partial charge in [-0.3, -0.25) is 0 Å². The van der Waals surface area contributed by atoms with E-state index < -0.39 is 11.7 Å². The monoisotopic (exact) mass is 320 g/mol. The van der Waals surface area contributed by atoms with E-state index in [1.807, 2.05) is 7.05 Å². The third-order valence-corrected chi connectivity index (χ3v) is 4.40. The SMILES string of the molecule is CN(CC1CCCN1C)c1ccc(CCl)cc1C(F)(F)F. The Kier molecular flexibility index (Phi) is 5.04. The molecule has 1 unspecified atom stereocenters. The highest BCUT2D eigenvalue weighted by atomic mass is 35.5. The number of rotatable bonds is 4. The average Bonchev–Trinajstić information content (AvgIpc) is 2.82. The van der Waals surface area contributed by atoms with E-state index in [9.17, 15) is 13.2 Å². The number of likely N-dealkylation sites (N-methyl/N-ethyl adjacent to an activating group) is 2. The molecule has 0 bridgehead atoms. The lowest BCUT2D eigenvalue weighted by molar-refractivity contribution is -0.137. The predicted molar refractivity (Wildman–Crippen MR) is 79.9 cm³/mol. The van der Waals surface area contributed by atoms with E-state index in [1.165, 1.54) is 6.07 Å². The molecule has 1 aliphatic rings. The van der Waals surface area contributed by atoms with Crippen molar-refractivity contribution < 1.29 is 13.2 Å². The van der Waals surface area contributed by atoms with Crippen LogP contribution in [0.4, 0.5) is 18.9 Å². The second-order valence-electron chi connectivity index (χ2n) is 5.64. The van der Waals surface area contributed by atoms with Gasteiger partial charge in [0.1, 0.15) is 0 Å². The summed E-state index contributed by atoms with van der Waals surface area (Å²) >= 11 is 5.65. The van der Waals surface area contributed by atoms with Crippen molar-refractivity contribution in [2.24, 2.45) is 0 Å². The van der Waals surface area contributed by atoms with Gasteiger partial charge in [-0.1, -0.05) is 6.07 Å². The highest BCUT2D eigenvalue weighted by molar-refractivity contribution is 6.17. The van der Waals surface area contributed by atoms with Gasteiger partial charge in [0, 0.05) is 31.2 Å². The molecule has 1 fully saturated rings. The minimum atomic E-state index is -4.37. The largest absolute Gasteiger partial charge is 0.418 e. The molecule has 0 radical (unpaired) electrons. The number of anilines is 1. The molecule has 1 aromatic carbocycles. The molecule has 118 valence electrons. The molecule has 0 N–H and O–H groups in total. The first-order valence-electron chi connectivity index (χ1n) is 7.00. The van der Waals surface area contributed by atoms with Crippen LogP contribution in [0.2, 0.25) is 0 Å². The summed E-state index contributed by atoms with van der Waals surface area (Å²) in [5.74, 6) is 0.0818. The van der Waals surface area contributed by atoms with Crippen molar-refractivity contribution in [2.45, 2.75) is 30.9 Å². The van der Waals surface area contributed by atoms with Crippen LogP contribution >= 0.6 is 11.6 Å². The molecule has 0 saturated carbocycles. The van der Waals surface area contributed by atoms with Gasteiger partial charge in [0.05, 0.1) is 5.56 Å². The first-order valence-corrected chi connectivity index (χ1v) is 7.54. The predicted octanol–water partition coefficient (Wildman–Crippen LogP) is 3.97. The second-order valence-corrected chi connectivity index (χ2v) is 5.91. The topological polar surface area (TPSA) is 6.48 Å². The number of nitrogens with zero attached hydrogens (tertiary/aromatic N) is 2. The molecule has 0 spiro atoms. The van der Waals surface area contributed by atoms with Crippen molar-refractivity contribution in [1.29, 1.82) is 0 Å². The summed E-state index contributed by atoms with van der Waals surface area (Å²) in [4.78, 5) is 3.91. The van der Waals surface area contributed by atoms with E-state index in [2.05, 4.69) is 4.90 Å². The Balaban J connectivity index is 2.25. The zero-order valence-corrected chi connectivity index (χ0v) is 13.0. The van der Waals surface area contributed by atoms with E-state index in [0.29, 0.717) is 18.2 Å². The summed E-state index contributed by atoms with van der Waals surface area (Å²) in [6.45, 7) is 1.61. The molecular weight excluding hydrogens is 301 g/mol. The normalized spacial score (nSPS) is 20.0. The smallest absolute Gasteiger partial charge is 0.373 e. The lowest BCUT2D eigenvalue weighted by atomic mass is 10.1. The van der Waals surface area contributed by atoms with Gasteiger partial charge >= 0.3 is 6.18 Å². The maximum Gasteiger partial charge on any atom is 0.418 e. The highest BCUT2D eigenvalue weighted by Crippen LogP contribution is 2.37. The van der Waals surface area contributed by atoms with Crippen LogP contribution in [0.3, 0.4) is 0 Å². The fourth-order valence-electron chi connectivity index (χ4n) is 2.85. The van der Waals surface area contributed by atoms with Gasteiger partial charge in [0.15, 0.2) is 0 Å². The zero-order valence-electron chi connectivity index (χ0n) is 12.3. The van der Waals surface area contributed by atoms with Crippen molar-refractivity contribution in [3.8, 4) is 0 Å². The zero-order chi connectivity index (χ0) is 15.6. The van der Waals surface area contributed by atoms with Gasteiger partial charge in [-0.2, -0.15) is 13.2 Å². The summed E-state index contributed by atoms with van der Waals surface area (Å²) < 4.78 is 39.7. The van der Waals surface area contributed by atoms with Gasteiger partial charge in [0.25, 0.3) is 0 Å². The van der Waals surface area contributed by atoms with Gasteiger partial charge in [-0.05, 0) is 44.1 Å². The van der Waals surface area contributed by atoms with Gasteiger partial charge in [0.2, 0.25) is 0 Å². The van der Waals surface area contributed by atoms with Crippen LogP contribution in [-0.4, -0.2) is 38.1 Å². The minimum absolute atomic E-state index is 0.0818. The van der Waals surface area contributed by atoms with E-state index in [0.717, 1.165) is 25.5 Å². The number of likely N-dealkylation sites (tertiary alicyclic amines) is 1. The van der Waals surface area contributed by atoms with Crippen LogP contribution in [0.25, 0.3) is 0 Å². The van der Waals surface area contributed by atoms with Gasteiger partial charge in [-0.15, -0.1) is 11.6 Å². The molecule has 0 amide bonds. The molecular formula is C15H20ClF3N2. The Morgan fingerprint density at radius 2 is 2.10 bits per heavy atom. The molecule has 1 aliphatic heterocycles. The lowest BCUT2D eigenvalue weighted by Crippen LogP contribution is -2.37. The number of hydrogen-bond acceptors (Lipinski definition) is 2. The van der Waals surface area contributed by atoms with Gasteiger partial charge in [-0.25, -0.2) is 0 Å². The van der Waals surface area contributed by atoms with E-state index in [1.54, 1.807) is 18.0 Å². The Morgan fingerprint density at radius 3 is 2.62 bits per heavy atom. The van der Waals surface area contributed by atoms with Crippen LogP contribution in [0.1, 0.15) is 24.0 Å². The van der Waals surface area contributed by atoms with Crippen molar-refractivity contribution in [2.75, 3.05) is 32.1 Å². The first-order chi connectivity index (χ1) is 9.82. The molecule has 21 heavy (non-hydrogen) atoms. The third kappa shape index (κ3) is 3.83. The molecule has 2 rings (SSSR count). The van der Waals surface area contributed by atoms with E-state index in [4.69, 9.17) is 11.6 Å². The van der Waals surface area contributed by atoms with Crippen molar-refractivity contribution in [1.82, 2.24) is 4.90 Å². The van der Waals surface area contributed by atoms with Gasteiger partial charge < -0.3 is 9.80 Å². The molecule has 0 aromatic heterocycles. The Hall–Kier alpha value is -0.940. The fourth-order valence-corrected chi connectivity index (χ4v) is 3.02. The lowest BCUT2D eigenvalue weighted by Gasteiger charge is -2.29. The van der Waals surface area contributed by atoms with Crippen LogP contribution in [0.5, 0.6) is 0 Å². The number of halogens is 4. The minimum Gasteiger partial charge on any atom is -0.373 e. The van der Waals surface area contributed by atoms with E-state index >= 15 is 0 Å². The second kappa shape index (κ2) is 6.44. The maximum atomic E-state index is 13.2. The standard InChI is InChI=1S/C15H20ClF3N2/c1-20-7-3-4-12(20)10-21(2)14-6-5-11(9-16)8-13(14)15(17,18)19/h5-6,8,12H,3-4,7,9-10H2,1-2H3. The fraction of sp³-hybridized carbons (Fsp3) is 0.600. The van der Waals surface area contributed by atoms with Crippen LogP contribution in [-0.2, 0) is 12.1 Å². The summed E-state index contributed by atoms with van der Waals surface area (Å²) in [6.07, 6.45) is -2.23. The molecule has 1 aromatic rings. The van der Waals surface area contributed by atoms with Crippen LogP contribution in [0, 0.1) is 0 Å². The molecule has 1 heterocycles. The van der Waals surface area contributed by atoms with Crippen LogP contribution in [0.15, 0.2) is 18.2 Å². The third-order valence-electron chi connectivity index (χ3n) is 4.09. The number of benzene rings is 1. The Labute approximate surface area is 128 Å². The maximum absolute atomic E-state index is 13.2. The van der Waals surface area contributed by atoms with Crippen molar-refractivity contribution >= 4 is 17.3 Å². The summed E-state index contributed by atoms with van der Waals surface area (Å²) in [5.41, 5.74) is 0.0968. The number of alkyl halides is 4. The van der Waals surface area contributed by atoms with E-state index in [-0.39, 0.29) is 11.6 Å². The van der Waals surface area contributed by atoms with Crippen LogP contribution < -0.4 is 4.90 Å². The molecule has 1 saturated heterocycles. The molecule has 6 heteroatoms. The highest BCUT2D eigenvalue weighted by Gasteiger charge is 2.35. The Morgan fingerprint density at radius 1 is 1.38 bits per heavy atom. The summed E-state index contributed by atoms with van der Waals surface area (Å²) in [6, 6.07) is 4.64. The quantitative estimate of drug-likeness (QED) is 0.774. The molecule has 2 nitrogen and oxygen atoms in total. The van der Waals surface area contributed by atoms with Crippen molar-refractivity contribution in [3.63, 3.8) is 0 Å². The average molecular weight is 321 g/mol. The summed E-state index contributed by atoms with van der Waals surface area (Å²) in [7, 11) is 3.74.